The van der Waals surface area contributed by atoms with Crippen LogP contribution in [0.25, 0.3) is 27.8 Å². The van der Waals surface area contributed by atoms with E-state index in [2.05, 4.69) is 20.4 Å². The summed E-state index contributed by atoms with van der Waals surface area (Å²) in [6.07, 6.45) is 5.12. The number of hydrogen-bond donors (Lipinski definition) is 2. The Hall–Kier alpha value is -4.31. The summed E-state index contributed by atoms with van der Waals surface area (Å²) >= 11 is 0. The average Bonchev–Trinajstić information content (AvgIpc) is 3.19. The molecule has 4 heterocycles. The summed E-state index contributed by atoms with van der Waals surface area (Å²) in [6.45, 7) is 2.77. The minimum Gasteiger partial charge on any atom is -0.490 e. The summed E-state index contributed by atoms with van der Waals surface area (Å²) in [5.41, 5.74) is 3.51. The first-order valence-corrected chi connectivity index (χ1v) is 11.1. The van der Waals surface area contributed by atoms with Crippen LogP contribution in [0.15, 0.2) is 65.8 Å². The van der Waals surface area contributed by atoms with Crippen molar-refractivity contribution in [2.45, 2.75) is 13.5 Å². The Morgan fingerprint density at radius 3 is 2.89 bits per heavy atom. The van der Waals surface area contributed by atoms with Crippen molar-refractivity contribution >= 4 is 27.6 Å². The van der Waals surface area contributed by atoms with Gasteiger partial charge >= 0.3 is 0 Å². The second-order valence-corrected chi connectivity index (χ2v) is 7.99. The number of nitrogens with zero attached hydrogens (tertiary/aromatic N) is 5. The van der Waals surface area contributed by atoms with E-state index in [1.54, 1.807) is 41.2 Å². The van der Waals surface area contributed by atoms with Crippen molar-refractivity contribution < 1.29 is 14.2 Å². The summed E-state index contributed by atoms with van der Waals surface area (Å²) < 4.78 is 22.4. The van der Waals surface area contributed by atoms with Gasteiger partial charge in [-0.3, -0.25) is 14.3 Å². The highest BCUT2D eigenvalue weighted by Gasteiger charge is 2.11. The van der Waals surface area contributed by atoms with Gasteiger partial charge in [-0.15, -0.1) is 0 Å². The molecule has 4 aromatic heterocycles. The standard InChI is InChI=1S/C25H23FN6O3/c1-16-15-31(22-12-17(26)2-3-19(16)22)23-4-5-24(34)32(30-23)9-8-28-20-6-7-27-21-13-18(35-11-10-33)14-29-25(20)21/h2-7,12-15,33H,8-11H2,1H3,(H,27,28). The molecule has 0 aliphatic carbocycles. The molecule has 1 aromatic carbocycles. The second kappa shape index (κ2) is 9.51. The van der Waals surface area contributed by atoms with Crippen LogP contribution in [0.5, 0.6) is 5.75 Å². The molecule has 178 valence electrons. The predicted octanol–water partition coefficient (Wildman–Crippen LogP) is 3.06. The van der Waals surface area contributed by atoms with Crippen molar-refractivity contribution in [1.82, 2.24) is 24.3 Å². The molecule has 0 saturated heterocycles. The molecule has 9 nitrogen and oxygen atoms in total. The van der Waals surface area contributed by atoms with Gasteiger partial charge in [0.2, 0.25) is 0 Å². The van der Waals surface area contributed by atoms with Crippen molar-refractivity contribution in [2.24, 2.45) is 0 Å². The lowest BCUT2D eigenvalue weighted by Gasteiger charge is -2.12. The first kappa shape index (κ1) is 22.5. The van der Waals surface area contributed by atoms with Gasteiger partial charge in [-0.05, 0) is 42.8 Å². The van der Waals surface area contributed by atoms with Crippen LogP contribution < -0.4 is 15.6 Å². The largest absolute Gasteiger partial charge is 0.490 e. The van der Waals surface area contributed by atoms with E-state index in [1.165, 1.54) is 22.9 Å². The molecule has 0 aliphatic heterocycles. The molecule has 2 N–H and O–H groups in total. The van der Waals surface area contributed by atoms with E-state index in [9.17, 15) is 9.18 Å². The fourth-order valence-electron chi connectivity index (χ4n) is 3.98. The minimum absolute atomic E-state index is 0.0846. The highest BCUT2D eigenvalue weighted by Crippen LogP contribution is 2.25. The first-order valence-electron chi connectivity index (χ1n) is 11.1. The van der Waals surface area contributed by atoms with Crippen molar-refractivity contribution in [2.75, 3.05) is 25.1 Å². The number of pyridine rings is 2. The number of aryl methyl sites for hydroxylation is 1. The number of hydrogen-bond acceptors (Lipinski definition) is 7. The maximum atomic E-state index is 13.9. The number of benzene rings is 1. The van der Waals surface area contributed by atoms with Crippen LogP contribution in [-0.2, 0) is 6.54 Å². The maximum absolute atomic E-state index is 13.9. The van der Waals surface area contributed by atoms with E-state index < -0.39 is 0 Å². The Labute approximate surface area is 199 Å². The predicted molar refractivity (Wildman–Crippen MR) is 131 cm³/mol. The molecular formula is C25H23FN6O3. The molecule has 35 heavy (non-hydrogen) atoms. The lowest BCUT2D eigenvalue weighted by atomic mass is 10.2. The smallest absolute Gasteiger partial charge is 0.266 e. The van der Waals surface area contributed by atoms with Crippen molar-refractivity contribution in [3.8, 4) is 11.6 Å². The van der Waals surface area contributed by atoms with Gasteiger partial charge in [-0.1, -0.05) is 0 Å². The highest BCUT2D eigenvalue weighted by molar-refractivity contribution is 5.88. The number of halogens is 1. The molecule has 5 aromatic rings. The van der Waals surface area contributed by atoms with Gasteiger partial charge in [0, 0.05) is 36.5 Å². The van der Waals surface area contributed by atoms with Gasteiger partial charge in [-0.25, -0.2) is 14.1 Å². The molecule has 0 spiro atoms. The third-order valence-electron chi connectivity index (χ3n) is 5.62. The molecule has 0 fully saturated rings. The Balaban J connectivity index is 1.36. The lowest BCUT2D eigenvalue weighted by molar-refractivity contribution is 0.201. The zero-order chi connectivity index (χ0) is 24.4. The van der Waals surface area contributed by atoms with Crippen molar-refractivity contribution in [3.63, 3.8) is 0 Å². The number of ether oxygens (including phenoxy) is 1. The lowest BCUT2D eigenvalue weighted by Crippen LogP contribution is -2.26. The monoisotopic (exact) mass is 474 g/mol. The second-order valence-electron chi connectivity index (χ2n) is 7.99. The van der Waals surface area contributed by atoms with E-state index in [-0.39, 0.29) is 24.6 Å². The Morgan fingerprint density at radius 2 is 2.03 bits per heavy atom. The van der Waals surface area contributed by atoms with Crippen LogP contribution in [0, 0.1) is 12.7 Å². The third-order valence-corrected chi connectivity index (χ3v) is 5.62. The van der Waals surface area contributed by atoms with Gasteiger partial charge in [0.1, 0.15) is 23.7 Å². The molecule has 5 rings (SSSR count). The zero-order valence-electron chi connectivity index (χ0n) is 19.0. The summed E-state index contributed by atoms with van der Waals surface area (Å²) in [7, 11) is 0. The van der Waals surface area contributed by atoms with Crippen LogP contribution in [0.3, 0.4) is 0 Å². The molecule has 0 aliphatic rings. The Morgan fingerprint density at radius 1 is 1.14 bits per heavy atom. The van der Waals surface area contributed by atoms with Gasteiger partial charge in [0.05, 0.1) is 36.1 Å². The number of rotatable bonds is 8. The molecular weight excluding hydrogens is 451 g/mol. The summed E-state index contributed by atoms with van der Waals surface area (Å²) in [6, 6.07) is 11.3. The number of aliphatic hydroxyl groups is 1. The molecule has 0 radical (unpaired) electrons. The highest BCUT2D eigenvalue weighted by atomic mass is 19.1. The van der Waals surface area contributed by atoms with Crippen LogP contribution in [0.4, 0.5) is 10.1 Å². The number of nitrogens with one attached hydrogen (secondary N) is 1. The number of aromatic nitrogens is 5. The molecule has 10 heteroatoms. The fraction of sp³-hybridized carbons (Fsp3) is 0.200. The SMILES string of the molecule is Cc1cn(-c2ccc(=O)n(CCNc3ccnc4cc(OCCO)cnc34)n2)c2cc(F)ccc12. The topological polar surface area (TPSA) is 107 Å². The minimum atomic E-state index is -0.334. The van der Waals surface area contributed by atoms with Crippen LogP contribution >= 0.6 is 0 Å². The van der Waals surface area contributed by atoms with Crippen LogP contribution in [0.1, 0.15) is 5.56 Å². The van der Waals surface area contributed by atoms with Crippen LogP contribution in [-0.4, -0.2) is 49.2 Å². The van der Waals surface area contributed by atoms with Gasteiger partial charge in [0.15, 0.2) is 5.82 Å². The van der Waals surface area contributed by atoms with Gasteiger partial charge in [0.25, 0.3) is 5.56 Å². The van der Waals surface area contributed by atoms with Crippen molar-refractivity contribution in [3.05, 3.63) is 82.8 Å². The summed E-state index contributed by atoms with van der Waals surface area (Å²) in [4.78, 5) is 21.2. The average molecular weight is 474 g/mol. The zero-order valence-corrected chi connectivity index (χ0v) is 19.0. The first-order chi connectivity index (χ1) is 17.0. The van der Waals surface area contributed by atoms with E-state index >= 15 is 0 Å². The number of aliphatic hydroxyl groups excluding tert-OH is 1. The third kappa shape index (κ3) is 4.56. The maximum Gasteiger partial charge on any atom is 0.266 e. The Bertz CT molecular complexity index is 1580. The molecule has 0 bridgehead atoms. The van der Waals surface area contributed by atoms with E-state index in [0.29, 0.717) is 41.2 Å². The number of anilines is 1. The Kier molecular flexibility index (Phi) is 6.11. The molecule has 0 amide bonds. The molecule has 0 atom stereocenters. The van der Waals surface area contributed by atoms with E-state index in [4.69, 9.17) is 9.84 Å². The summed E-state index contributed by atoms with van der Waals surface area (Å²) in [5, 5.41) is 17.6. The number of fused-ring (bicyclic) bond motifs is 2. The van der Waals surface area contributed by atoms with Gasteiger partial charge in [-0.2, -0.15) is 5.10 Å². The quantitative estimate of drug-likeness (QED) is 0.356. The van der Waals surface area contributed by atoms with Gasteiger partial charge < -0.3 is 15.2 Å². The van der Waals surface area contributed by atoms with E-state index in [1.807, 2.05) is 13.1 Å². The summed E-state index contributed by atoms with van der Waals surface area (Å²) in [5.74, 6) is 0.718. The van der Waals surface area contributed by atoms with E-state index in [0.717, 1.165) is 16.6 Å². The molecule has 0 unspecified atom stereocenters. The molecule has 0 saturated carbocycles. The fourth-order valence-corrected chi connectivity index (χ4v) is 3.98. The van der Waals surface area contributed by atoms with Crippen molar-refractivity contribution in [1.29, 1.82) is 0 Å². The normalized spacial score (nSPS) is 11.3. The van der Waals surface area contributed by atoms with Crippen LogP contribution in [0.2, 0.25) is 0 Å².